The molecule has 1 atom stereocenters. The summed E-state index contributed by atoms with van der Waals surface area (Å²) in [6, 6.07) is 0. The fraction of sp³-hybridized carbons (Fsp3) is 1.00. The molecule has 0 spiro atoms. The van der Waals surface area contributed by atoms with E-state index in [2.05, 4.69) is 0 Å². The molecule has 3 nitrogen and oxygen atoms in total. The summed E-state index contributed by atoms with van der Waals surface area (Å²) in [6.45, 7) is 1.17. The number of halogens is 2. The Bertz CT molecular complexity index is 152. The molecule has 0 bridgehead atoms. The summed E-state index contributed by atoms with van der Waals surface area (Å²) in [5.41, 5.74) is 0. The molecule has 0 aliphatic carbocycles. The fourth-order valence-corrected chi connectivity index (χ4v) is 1.67. The summed E-state index contributed by atoms with van der Waals surface area (Å²) >= 11 is 0. The number of aliphatic hydroxyl groups is 1. The van der Waals surface area contributed by atoms with Gasteiger partial charge in [0.2, 0.25) is 0 Å². The van der Waals surface area contributed by atoms with Crippen LogP contribution in [0.15, 0.2) is 0 Å². The first-order valence-corrected chi connectivity index (χ1v) is 4.95. The molecular weight excluding hydrogens is 192 g/mol. The van der Waals surface area contributed by atoms with Crippen LogP contribution in [0.3, 0.4) is 0 Å². The molecular formula is C9H17F2NO2. The largest absolute Gasteiger partial charge is 0.395 e. The van der Waals surface area contributed by atoms with Crippen molar-refractivity contribution in [1.82, 2.24) is 4.90 Å². The van der Waals surface area contributed by atoms with Crippen molar-refractivity contribution in [3.63, 3.8) is 0 Å². The van der Waals surface area contributed by atoms with Gasteiger partial charge < -0.3 is 9.84 Å². The van der Waals surface area contributed by atoms with Crippen LogP contribution in [0.1, 0.15) is 12.8 Å². The molecule has 0 saturated carbocycles. The molecule has 1 saturated heterocycles. The zero-order valence-electron chi connectivity index (χ0n) is 8.16. The minimum atomic E-state index is -2.34. The molecule has 0 aromatic heterocycles. The Morgan fingerprint density at radius 3 is 2.79 bits per heavy atom. The van der Waals surface area contributed by atoms with E-state index in [1.54, 1.807) is 4.90 Å². The zero-order chi connectivity index (χ0) is 10.4. The van der Waals surface area contributed by atoms with Gasteiger partial charge in [0.15, 0.2) is 0 Å². The van der Waals surface area contributed by atoms with E-state index in [0.29, 0.717) is 13.1 Å². The first-order valence-electron chi connectivity index (χ1n) is 4.95. The number of hydrogen-bond donors (Lipinski definition) is 1. The third kappa shape index (κ3) is 4.30. The minimum absolute atomic E-state index is 0.0697. The van der Waals surface area contributed by atoms with Crippen LogP contribution in [0, 0.1) is 0 Å². The van der Waals surface area contributed by atoms with Crippen LogP contribution in [-0.2, 0) is 4.74 Å². The summed E-state index contributed by atoms with van der Waals surface area (Å²) in [6.07, 6.45) is -0.333. The van der Waals surface area contributed by atoms with Crippen LogP contribution < -0.4 is 0 Å². The summed E-state index contributed by atoms with van der Waals surface area (Å²) in [4.78, 5) is 1.56. The van der Waals surface area contributed by atoms with Gasteiger partial charge in [0.25, 0.3) is 6.43 Å². The normalized spacial score (nSPS) is 22.5. The number of nitrogens with zero attached hydrogens (tertiary/aromatic N) is 1. The van der Waals surface area contributed by atoms with Crippen LogP contribution in [0.4, 0.5) is 8.78 Å². The summed E-state index contributed by atoms with van der Waals surface area (Å²) in [5, 5.41) is 8.70. The Labute approximate surface area is 82.7 Å². The average Bonchev–Trinajstić information content (AvgIpc) is 2.56. The maximum Gasteiger partial charge on any atom is 0.251 e. The highest BCUT2D eigenvalue weighted by Crippen LogP contribution is 2.13. The lowest BCUT2D eigenvalue weighted by atomic mass is 10.2. The molecule has 1 fully saturated rings. The molecule has 0 aromatic rings. The van der Waals surface area contributed by atoms with Gasteiger partial charge in [-0.1, -0.05) is 0 Å². The zero-order valence-corrected chi connectivity index (χ0v) is 8.16. The minimum Gasteiger partial charge on any atom is -0.395 e. The second-order valence-electron chi connectivity index (χ2n) is 3.51. The van der Waals surface area contributed by atoms with E-state index in [1.165, 1.54) is 0 Å². The molecule has 1 heterocycles. The Balaban J connectivity index is 2.25. The molecule has 5 heteroatoms. The molecule has 1 aliphatic heterocycles. The van der Waals surface area contributed by atoms with Gasteiger partial charge in [-0.15, -0.1) is 0 Å². The molecule has 0 radical (unpaired) electrons. The second kappa shape index (κ2) is 6.27. The van der Waals surface area contributed by atoms with Gasteiger partial charge >= 0.3 is 0 Å². The van der Waals surface area contributed by atoms with Crippen LogP contribution in [0.5, 0.6) is 0 Å². The molecule has 14 heavy (non-hydrogen) atoms. The van der Waals surface area contributed by atoms with Gasteiger partial charge in [0.05, 0.1) is 19.3 Å². The van der Waals surface area contributed by atoms with E-state index < -0.39 is 6.43 Å². The van der Waals surface area contributed by atoms with Gasteiger partial charge in [-0.25, -0.2) is 8.78 Å². The van der Waals surface area contributed by atoms with Crippen LogP contribution in [0.2, 0.25) is 0 Å². The number of aliphatic hydroxyl groups excluding tert-OH is 1. The second-order valence-corrected chi connectivity index (χ2v) is 3.51. The van der Waals surface area contributed by atoms with Gasteiger partial charge in [0, 0.05) is 19.7 Å². The molecule has 1 rings (SSSR count). The Hall–Kier alpha value is -0.260. The van der Waals surface area contributed by atoms with Crippen molar-refractivity contribution in [2.45, 2.75) is 25.4 Å². The number of alkyl halides is 2. The first-order chi connectivity index (χ1) is 6.72. The van der Waals surface area contributed by atoms with Crippen LogP contribution in [0.25, 0.3) is 0 Å². The highest BCUT2D eigenvalue weighted by atomic mass is 19.3. The Morgan fingerprint density at radius 2 is 2.29 bits per heavy atom. The van der Waals surface area contributed by atoms with Crippen molar-refractivity contribution in [3.8, 4) is 0 Å². The van der Waals surface area contributed by atoms with Crippen molar-refractivity contribution in [2.75, 3.05) is 32.8 Å². The van der Waals surface area contributed by atoms with Crippen molar-refractivity contribution in [3.05, 3.63) is 0 Å². The van der Waals surface area contributed by atoms with Gasteiger partial charge in [0.1, 0.15) is 0 Å². The molecule has 1 aliphatic rings. The summed E-state index contributed by atoms with van der Waals surface area (Å²) < 4.78 is 29.6. The summed E-state index contributed by atoms with van der Waals surface area (Å²) in [5.74, 6) is 0. The standard InChI is InChI=1S/C9H17F2NO2/c10-9(11)7-12(3-4-13)6-8-2-1-5-14-8/h8-9,13H,1-7H2. The first kappa shape index (κ1) is 11.8. The van der Waals surface area contributed by atoms with E-state index in [9.17, 15) is 8.78 Å². The van der Waals surface area contributed by atoms with Crippen molar-refractivity contribution < 1.29 is 18.6 Å². The number of rotatable bonds is 6. The SMILES string of the molecule is OCCN(CC(F)F)CC1CCCO1. The van der Waals surface area contributed by atoms with E-state index in [-0.39, 0.29) is 19.3 Å². The predicted molar refractivity (Wildman–Crippen MR) is 48.5 cm³/mol. The fourth-order valence-electron chi connectivity index (χ4n) is 1.67. The van der Waals surface area contributed by atoms with Crippen LogP contribution in [-0.4, -0.2) is 55.4 Å². The lowest BCUT2D eigenvalue weighted by Gasteiger charge is -2.23. The van der Waals surface area contributed by atoms with E-state index >= 15 is 0 Å². The third-order valence-corrected chi connectivity index (χ3v) is 2.30. The maximum absolute atomic E-state index is 12.1. The lowest BCUT2D eigenvalue weighted by Crippen LogP contribution is -2.37. The third-order valence-electron chi connectivity index (χ3n) is 2.30. The van der Waals surface area contributed by atoms with Gasteiger partial charge in [-0.2, -0.15) is 0 Å². The Kier molecular flexibility index (Phi) is 5.29. The molecule has 0 amide bonds. The highest BCUT2D eigenvalue weighted by molar-refractivity contribution is 4.70. The van der Waals surface area contributed by atoms with Crippen molar-refractivity contribution >= 4 is 0 Å². The number of ether oxygens (including phenoxy) is 1. The highest BCUT2D eigenvalue weighted by Gasteiger charge is 2.20. The van der Waals surface area contributed by atoms with Crippen molar-refractivity contribution in [2.24, 2.45) is 0 Å². The molecule has 84 valence electrons. The van der Waals surface area contributed by atoms with Crippen LogP contribution >= 0.6 is 0 Å². The molecule has 0 aromatic carbocycles. The smallest absolute Gasteiger partial charge is 0.251 e. The van der Waals surface area contributed by atoms with E-state index in [4.69, 9.17) is 9.84 Å². The summed E-state index contributed by atoms with van der Waals surface area (Å²) in [7, 11) is 0. The molecule has 1 unspecified atom stereocenters. The molecule has 1 N–H and O–H groups in total. The van der Waals surface area contributed by atoms with E-state index in [0.717, 1.165) is 19.4 Å². The van der Waals surface area contributed by atoms with Crippen molar-refractivity contribution in [1.29, 1.82) is 0 Å². The van der Waals surface area contributed by atoms with Gasteiger partial charge in [-0.3, -0.25) is 4.90 Å². The number of hydrogen-bond acceptors (Lipinski definition) is 3. The van der Waals surface area contributed by atoms with E-state index in [1.807, 2.05) is 0 Å². The Morgan fingerprint density at radius 1 is 1.50 bits per heavy atom. The quantitative estimate of drug-likeness (QED) is 0.700. The monoisotopic (exact) mass is 209 g/mol. The predicted octanol–water partition coefficient (Wildman–Crippen LogP) is 0.725. The lowest BCUT2D eigenvalue weighted by molar-refractivity contribution is 0.0333. The maximum atomic E-state index is 12.1. The topological polar surface area (TPSA) is 32.7 Å². The average molecular weight is 209 g/mol. The van der Waals surface area contributed by atoms with Gasteiger partial charge in [-0.05, 0) is 12.8 Å².